The molecule has 1 amide bonds. The number of hydrogen-bond acceptors (Lipinski definition) is 7. The van der Waals surface area contributed by atoms with Gasteiger partial charge in [0.1, 0.15) is 29.9 Å². The van der Waals surface area contributed by atoms with Crippen LogP contribution >= 0.6 is 23.4 Å². The van der Waals surface area contributed by atoms with Crippen molar-refractivity contribution in [3.63, 3.8) is 0 Å². The van der Waals surface area contributed by atoms with E-state index in [9.17, 15) is 18.7 Å². The number of hydrogen-bond donors (Lipinski definition) is 3. The van der Waals surface area contributed by atoms with E-state index in [-0.39, 0.29) is 12.1 Å². The minimum absolute atomic E-state index is 0.169. The lowest BCUT2D eigenvalue weighted by Gasteiger charge is -2.35. The minimum Gasteiger partial charge on any atom is -0.381 e. The molecule has 3 N–H and O–H groups in total. The summed E-state index contributed by atoms with van der Waals surface area (Å²) in [6.45, 7) is 3.13. The molecule has 1 aliphatic rings. The SMILES string of the molecule is CC1=C(C(=O)NC(C)C(O)(Cn2cncn2)c2ccc(F)cc2F)SCN1Nc1ccc(Cl)cc1. The maximum atomic E-state index is 14.7. The van der Waals surface area contributed by atoms with Crippen molar-refractivity contribution in [3.8, 4) is 0 Å². The maximum absolute atomic E-state index is 14.7. The fourth-order valence-electron chi connectivity index (χ4n) is 3.72. The van der Waals surface area contributed by atoms with Crippen LogP contribution in [0, 0.1) is 11.6 Å². The number of carbonyl (C=O) groups is 1. The average Bonchev–Trinajstić information content (AvgIpc) is 3.45. The summed E-state index contributed by atoms with van der Waals surface area (Å²) in [7, 11) is 0. The van der Waals surface area contributed by atoms with Crippen LogP contribution in [-0.4, -0.2) is 42.7 Å². The van der Waals surface area contributed by atoms with Gasteiger partial charge in [0.25, 0.3) is 5.91 Å². The van der Waals surface area contributed by atoms with Gasteiger partial charge >= 0.3 is 0 Å². The standard InChI is InChI=1S/C23H23ClF2N6O2S/c1-14-21(35-13-32(14)30-18-6-3-16(24)4-7-18)22(33)29-15(2)23(34,10-31-12-27-11-28-31)19-8-5-17(25)9-20(19)26/h3-9,11-12,15,30,34H,10,13H2,1-2H3,(H,29,33). The number of anilines is 1. The monoisotopic (exact) mass is 520 g/mol. The Morgan fingerprint density at radius 2 is 2.03 bits per heavy atom. The lowest BCUT2D eigenvalue weighted by Crippen LogP contribution is -2.52. The molecule has 0 spiro atoms. The largest absolute Gasteiger partial charge is 0.381 e. The van der Waals surface area contributed by atoms with E-state index in [0.717, 1.165) is 17.8 Å². The molecule has 0 aliphatic carbocycles. The molecular formula is C23H23ClF2N6O2S. The molecule has 0 fully saturated rings. The number of amides is 1. The first kappa shape index (κ1) is 25.0. The quantitative estimate of drug-likeness (QED) is 0.415. The smallest absolute Gasteiger partial charge is 0.259 e. The van der Waals surface area contributed by atoms with Crippen LogP contribution in [0.1, 0.15) is 19.4 Å². The number of aliphatic hydroxyl groups is 1. The van der Waals surface area contributed by atoms with E-state index in [1.54, 1.807) is 26.0 Å². The van der Waals surface area contributed by atoms with Gasteiger partial charge in [-0.2, -0.15) is 5.10 Å². The molecule has 2 atom stereocenters. The molecule has 3 aromatic rings. The predicted octanol–water partition coefficient (Wildman–Crippen LogP) is 3.87. The minimum atomic E-state index is -1.94. The second-order valence-corrected chi connectivity index (χ2v) is 9.46. The molecule has 0 saturated heterocycles. The van der Waals surface area contributed by atoms with Gasteiger partial charge in [-0.3, -0.25) is 15.2 Å². The van der Waals surface area contributed by atoms with Gasteiger partial charge in [0, 0.05) is 16.7 Å². The molecule has 2 heterocycles. The molecule has 0 radical (unpaired) electrons. The molecule has 1 aromatic heterocycles. The number of halogens is 3. The fraction of sp³-hybridized carbons (Fsp3) is 0.261. The van der Waals surface area contributed by atoms with Crippen molar-refractivity contribution in [2.75, 3.05) is 11.3 Å². The summed E-state index contributed by atoms with van der Waals surface area (Å²) in [5.41, 5.74) is 2.59. The van der Waals surface area contributed by atoms with Crippen molar-refractivity contribution in [1.82, 2.24) is 25.1 Å². The highest BCUT2D eigenvalue weighted by Crippen LogP contribution is 2.34. The van der Waals surface area contributed by atoms with E-state index >= 15 is 0 Å². The van der Waals surface area contributed by atoms with E-state index < -0.39 is 29.2 Å². The number of carbonyl (C=O) groups excluding carboxylic acids is 1. The zero-order valence-electron chi connectivity index (χ0n) is 18.9. The Balaban J connectivity index is 1.55. The fourth-order valence-corrected chi connectivity index (χ4v) is 4.87. The molecule has 2 aromatic carbocycles. The molecule has 184 valence electrons. The Morgan fingerprint density at radius 1 is 1.29 bits per heavy atom. The third kappa shape index (κ3) is 5.42. The van der Waals surface area contributed by atoms with E-state index in [4.69, 9.17) is 11.6 Å². The first-order chi connectivity index (χ1) is 16.7. The Labute approximate surface area is 210 Å². The van der Waals surface area contributed by atoms with Crippen molar-refractivity contribution in [2.45, 2.75) is 32.0 Å². The summed E-state index contributed by atoms with van der Waals surface area (Å²) < 4.78 is 29.6. The highest BCUT2D eigenvalue weighted by Gasteiger charge is 2.41. The zero-order chi connectivity index (χ0) is 25.2. The third-order valence-electron chi connectivity index (χ3n) is 5.72. The van der Waals surface area contributed by atoms with Gasteiger partial charge in [0.15, 0.2) is 0 Å². The zero-order valence-corrected chi connectivity index (χ0v) is 20.4. The van der Waals surface area contributed by atoms with Crippen LogP contribution in [0.15, 0.2) is 65.7 Å². The van der Waals surface area contributed by atoms with Crippen LogP contribution in [-0.2, 0) is 16.9 Å². The summed E-state index contributed by atoms with van der Waals surface area (Å²) in [5, 5.41) is 20.8. The lowest BCUT2D eigenvalue weighted by molar-refractivity contribution is -0.120. The van der Waals surface area contributed by atoms with Gasteiger partial charge in [-0.25, -0.2) is 18.4 Å². The summed E-state index contributed by atoms with van der Waals surface area (Å²) in [6, 6.07) is 9.09. The number of nitrogens with one attached hydrogen (secondary N) is 2. The van der Waals surface area contributed by atoms with Crippen LogP contribution in [0.4, 0.5) is 14.5 Å². The molecule has 0 bridgehead atoms. The van der Waals surface area contributed by atoms with Gasteiger partial charge in [-0.1, -0.05) is 29.4 Å². The van der Waals surface area contributed by atoms with E-state index in [1.807, 2.05) is 17.1 Å². The van der Waals surface area contributed by atoms with Crippen LogP contribution in [0.3, 0.4) is 0 Å². The third-order valence-corrected chi connectivity index (χ3v) is 7.13. The van der Waals surface area contributed by atoms with E-state index in [2.05, 4.69) is 20.8 Å². The number of nitrogens with zero attached hydrogens (tertiary/aromatic N) is 4. The van der Waals surface area contributed by atoms with Gasteiger partial charge in [0.2, 0.25) is 0 Å². The van der Waals surface area contributed by atoms with Crippen molar-refractivity contribution in [2.24, 2.45) is 0 Å². The van der Waals surface area contributed by atoms with Crippen LogP contribution < -0.4 is 10.7 Å². The highest BCUT2D eigenvalue weighted by molar-refractivity contribution is 8.04. The number of allylic oxidation sites excluding steroid dienone is 1. The number of aromatic nitrogens is 3. The Bertz CT molecular complexity index is 1240. The van der Waals surface area contributed by atoms with Gasteiger partial charge < -0.3 is 10.4 Å². The van der Waals surface area contributed by atoms with Gasteiger partial charge in [0.05, 0.1) is 34.8 Å². The molecule has 4 rings (SSSR count). The number of benzene rings is 2. The Kier molecular flexibility index (Phi) is 7.29. The molecule has 1 aliphatic heterocycles. The van der Waals surface area contributed by atoms with Crippen molar-refractivity contribution in [1.29, 1.82) is 0 Å². The van der Waals surface area contributed by atoms with Crippen LogP contribution in [0.2, 0.25) is 5.02 Å². The summed E-state index contributed by atoms with van der Waals surface area (Å²) in [4.78, 5) is 17.5. The summed E-state index contributed by atoms with van der Waals surface area (Å²) >= 11 is 7.25. The first-order valence-electron chi connectivity index (χ1n) is 10.6. The number of hydrazine groups is 1. The van der Waals surface area contributed by atoms with Crippen LogP contribution in [0.5, 0.6) is 0 Å². The average molecular weight is 521 g/mol. The molecule has 12 heteroatoms. The second-order valence-electron chi connectivity index (χ2n) is 8.07. The topological polar surface area (TPSA) is 95.3 Å². The van der Waals surface area contributed by atoms with E-state index in [0.29, 0.717) is 27.6 Å². The normalized spacial score (nSPS) is 16.2. The molecular weight excluding hydrogens is 498 g/mol. The Hall–Kier alpha value is -3.15. The van der Waals surface area contributed by atoms with Gasteiger partial charge in [-0.05, 0) is 44.2 Å². The molecule has 2 unspecified atom stereocenters. The van der Waals surface area contributed by atoms with E-state index in [1.165, 1.54) is 29.1 Å². The number of thioether (sulfide) groups is 1. The molecule has 8 nitrogen and oxygen atoms in total. The lowest BCUT2D eigenvalue weighted by atomic mass is 9.86. The summed E-state index contributed by atoms with van der Waals surface area (Å²) in [5.74, 6) is -1.67. The van der Waals surface area contributed by atoms with Crippen molar-refractivity contribution < 1.29 is 18.7 Å². The number of rotatable bonds is 8. The molecule has 35 heavy (non-hydrogen) atoms. The van der Waals surface area contributed by atoms with Crippen LogP contribution in [0.25, 0.3) is 0 Å². The maximum Gasteiger partial charge on any atom is 0.259 e. The van der Waals surface area contributed by atoms with Gasteiger partial charge in [-0.15, -0.1) is 0 Å². The predicted molar refractivity (Wildman–Crippen MR) is 130 cm³/mol. The second kappa shape index (κ2) is 10.2. The van der Waals surface area contributed by atoms with Crippen molar-refractivity contribution in [3.05, 3.63) is 87.9 Å². The first-order valence-corrected chi connectivity index (χ1v) is 12.0. The molecule has 0 saturated carbocycles. The highest BCUT2D eigenvalue weighted by atomic mass is 35.5. The summed E-state index contributed by atoms with van der Waals surface area (Å²) in [6.07, 6.45) is 2.64. The Morgan fingerprint density at radius 3 is 2.69 bits per heavy atom. The van der Waals surface area contributed by atoms with Crippen molar-refractivity contribution >= 4 is 35.0 Å².